The van der Waals surface area contributed by atoms with E-state index in [2.05, 4.69) is 11.4 Å². The van der Waals surface area contributed by atoms with Crippen molar-refractivity contribution in [2.75, 3.05) is 7.11 Å². The number of ether oxygens (including phenoxy) is 1. The number of hydrogen-bond donors (Lipinski definition) is 1. The maximum Gasteiger partial charge on any atom is 0.319 e. The first-order chi connectivity index (χ1) is 13.5. The molecular formula is C22H20N2O3S. The monoisotopic (exact) mass is 392 g/mol. The van der Waals surface area contributed by atoms with Gasteiger partial charge in [-0.3, -0.25) is 9.59 Å². The van der Waals surface area contributed by atoms with Gasteiger partial charge < -0.3 is 10.1 Å². The summed E-state index contributed by atoms with van der Waals surface area (Å²) in [7, 11) is 1.25. The van der Waals surface area contributed by atoms with Gasteiger partial charge in [-0.1, -0.05) is 60.2 Å². The van der Waals surface area contributed by atoms with Crippen molar-refractivity contribution >= 4 is 23.6 Å². The van der Waals surface area contributed by atoms with Gasteiger partial charge in [0.1, 0.15) is 5.92 Å². The van der Waals surface area contributed by atoms with Crippen LogP contribution in [0.3, 0.4) is 0 Å². The van der Waals surface area contributed by atoms with Gasteiger partial charge in [0, 0.05) is 11.7 Å². The number of carbonyl (C=O) groups is 2. The van der Waals surface area contributed by atoms with Gasteiger partial charge in [0.2, 0.25) is 5.91 Å². The molecule has 2 aromatic rings. The van der Waals surface area contributed by atoms with Gasteiger partial charge >= 0.3 is 5.97 Å². The van der Waals surface area contributed by atoms with Crippen molar-refractivity contribution in [2.24, 2.45) is 5.92 Å². The molecule has 1 heterocycles. The number of methoxy groups -OCH3 is 1. The molecule has 1 N–H and O–H groups in total. The minimum absolute atomic E-state index is 0.373. The number of amides is 1. The molecule has 0 aliphatic carbocycles. The predicted molar refractivity (Wildman–Crippen MR) is 108 cm³/mol. The molecule has 6 heteroatoms. The quantitative estimate of drug-likeness (QED) is 0.620. The van der Waals surface area contributed by atoms with E-state index in [9.17, 15) is 14.9 Å². The Morgan fingerprint density at radius 3 is 2.46 bits per heavy atom. The molecule has 3 rings (SSSR count). The van der Waals surface area contributed by atoms with Gasteiger partial charge in [-0.05, 0) is 18.1 Å². The molecule has 0 spiro atoms. The first-order valence-corrected chi connectivity index (χ1v) is 9.80. The Labute approximate surface area is 168 Å². The van der Waals surface area contributed by atoms with Crippen LogP contribution in [0.25, 0.3) is 0 Å². The minimum atomic E-state index is -1.09. The summed E-state index contributed by atoms with van der Waals surface area (Å²) in [5.74, 6) is -2.27. The number of nitrogens with zero attached hydrogens (tertiary/aromatic N) is 1. The highest BCUT2D eigenvalue weighted by Crippen LogP contribution is 2.40. The number of rotatable bonds is 5. The summed E-state index contributed by atoms with van der Waals surface area (Å²) < 4.78 is 4.84. The summed E-state index contributed by atoms with van der Waals surface area (Å²) in [5, 5.41) is 13.1. The van der Waals surface area contributed by atoms with Crippen LogP contribution < -0.4 is 5.32 Å². The lowest BCUT2D eigenvalue weighted by Gasteiger charge is -2.31. The molecule has 1 amide bonds. The van der Waals surface area contributed by atoms with Crippen LogP contribution in [0.1, 0.15) is 22.6 Å². The van der Waals surface area contributed by atoms with Gasteiger partial charge in [0.05, 0.1) is 23.8 Å². The first-order valence-electron chi connectivity index (χ1n) is 8.81. The normalized spacial score (nSPS) is 19.0. The fourth-order valence-electron chi connectivity index (χ4n) is 3.18. The average Bonchev–Trinajstić information content (AvgIpc) is 2.72. The molecule has 1 aliphatic rings. The first kappa shape index (κ1) is 19.7. The molecule has 0 bridgehead atoms. The third-order valence-electron chi connectivity index (χ3n) is 4.65. The minimum Gasteiger partial charge on any atom is -0.468 e. The molecule has 0 saturated carbocycles. The standard InChI is InChI=1S/C22H20N2O3S/c1-14-8-10-15(11-9-14)13-28-21-17(12-23)18(16-6-4-3-5-7-16)19(20(25)24-21)22(26)27-2/h3-11,18-19H,13H2,1-2H3,(H,24,25)/t18-,19-/m0/s1. The second-order valence-electron chi connectivity index (χ2n) is 6.51. The second kappa shape index (κ2) is 8.77. The fraction of sp³-hybridized carbons (Fsp3) is 0.227. The molecule has 142 valence electrons. The van der Waals surface area contributed by atoms with E-state index in [0.717, 1.165) is 11.1 Å². The Bertz CT molecular complexity index is 946. The third kappa shape index (κ3) is 4.10. The lowest BCUT2D eigenvalue weighted by Crippen LogP contribution is -2.44. The predicted octanol–water partition coefficient (Wildman–Crippen LogP) is 3.67. The summed E-state index contributed by atoms with van der Waals surface area (Å²) in [6.07, 6.45) is 0. The van der Waals surface area contributed by atoms with E-state index in [1.54, 1.807) is 0 Å². The van der Waals surface area contributed by atoms with Gasteiger partial charge in [-0.25, -0.2) is 0 Å². The van der Waals surface area contributed by atoms with Crippen LogP contribution >= 0.6 is 11.8 Å². The molecule has 0 radical (unpaired) electrons. The summed E-state index contributed by atoms with van der Waals surface area (Å²) in [4.78, 5) is 25.1. The zero-order valence-corrected chi connectivity index (χ0v) is 16.5. The number of benzene rings is 2. The molecule has 2 aromatic carbocycles. The van der Waals surface area contributed by atoms with Gasteiger partial charge in [-0.15, -0.1) is 11.8 Å². The number of aryl methyl sites for hydroxylation is 1. The average molecular weight is 392 g/mol. The van der Waals surface area contributed by atoms with Crippen LogP contribution in [-0.4, -0.2) is 19.0 Å². The molecule has 0 saturated heterocycles. The zero-order chi connectivity index (χ0) is 20.1. The van der Waals surface area contributed by atoms with E-state index in [1.165, 1.54) is 24.4 Å². The molecule has 0 fully saturated rings. The Morgan fingerprint density at radius 2 is 1.86 bits per heavy atom. The van der Waals surface area contributed by atoms with Crippen molar-refractivity contribution in [3.05, 3.63) is 81.9 Å². The van der Waals surface area contributed by atoms with Crippen LogP contribution in [0.2, 0.25) is 0 Å². The lowest BCUT2D eigenvalue weighted by atomic mass is 9.78. The third-order valence-corrected chi connectivity index (χ3v) is 5.73. The number of carbonyl (C=O) groups excluding carboxylic acids is 2. The summed E-state index contributed by atoms with van der Waals surface area (Å²) in [6.45, 7) is 2.02. The number of esters is 1. The van der Waals surface area contributed by atoms with E-state index < -0.39 is 23.7 Å². The Balaban J connectivity index is 1.98. The van der Waals surface area contributed by atoms with Crippen molar-refractivity contribution in [1.29, 1.82) is 5.26 Å². The van der Waals surface area contributed by atoms with E-state index in [0.29, 0.717) is 16.4 Å². The van der Waals surface area contributed by atoms with Crippen LogP contribution in [0.15, 0.2) is 65.2 Å². The van der Waals surface area contributed by atoms with Gasteiger partial charge in [0.15, 0.2) is 0 Å². The van der Waals surface area contributed by atoms with Crippen molar-refractivity contribution < 1.29 is 14.3 Å². The maximum absolute atomic E-state index is 12.7. The van der Waals surface area contributed by atoms with Crippen LogP contribution in [0.4, 0.5) is 0 Å². The van der Waals surface area contributed by atoms with Gasteiger partial charge in [-0.2, -0.15) is 5.26 Å². The number of allylic oxidation sites excluding steroid dienone is 1. The van der Waals surface area contributed by atoms with E-state index in [-0.39, 0.29) is 0 Å². The molecule has 5 nitrogen and oxygen atoms in total. The summed E-state index contributed by atoms with van der Waals surface area (Å²) in [6, 6.07) is 19.4. The zero-order valence-electron chi connectivity index (χ0n) is 15.6. The molecular weight excluding hydrogens is 372 g/mol. The second-order valence-corrected chi connectivity index (χ2v) is 7.49. The molecule has 2 atom stereocenters. The van der Waals surface area contributed by atoms with E-state index in [4.69, 9.17) is 4.74 Å². The van der Waals surface area contributed by atoms with Crippen LogP contribution in [-0.2, 0) is 20.1 Å². The van der Waals surface area contributed by atoms with Crippen LogP contribution in [0.5, 0.6) is 0 Å². The highest BCUT2D eigenvalue weighted by Gasteiger charge is 2.44. The Morgan fingerprint density at radius 1 is 1.18 bits per heavy atom. The van der Waals surface area contributed by atoms with Crippen molar-refractivity contribution in [1.82, 2.24) is 5.32 Å². The highest BCUT2D eigenvalue weighted by atomic mass is 32.2. The van der Waals surface area contributed by atoms with Crippen LogP contribution in [0, 0.1) is 24.2 Å². The molecule has 0 unspecified atom stereocenters. The number of hydrogen-bond acceptors (Lipinski definition) is 5. The molecule has 28 heavy (non-hydrogen) atoms. The Kier molecular flexibility index (Phi) is 6.17. The number of nitriles is 1. The van der Waals surface area contributed by atoms with Crippen molar-refractivity contribution in [3.8, 4) is 6.07 Å². The number of nitrogens with one attached hydrogen (secondary N) is 1. The fourth-order valence-corrected chi connectivity index (χ4v) is 4.18. The smallest absolute Gasteiger partial charge is 0.319 e. The van der Waals surface area contributed by atoms with E-state index >= 15 is 0 Å². The van der Waals surface area contributed by atoms with Crippen molar-refractivity contribution in [3.63, 3.8) is 0 Å². The maximum atomic E-state index is 12.7. The number of thioether (sulfide) groups is 1. The topological polar surface area (TPSA) is 79.2 Å². The Hall–Kier alpha value is -3.04. The summed E-state index contributed by atoms with van der Waals surface area (Å²) in [5.41, 5.74) is 3.36. The SMILES string of the molecule is COC(=O)[C@@H]1C(=O)NC(SCc2ccc(C)cc2)=C(C#N)[C@@H]1c1ccccc1. The highest BCUT2D eigenvalue weighted by molar-refractivity contribution is 8.02. The molecule has 1 aliphatic heterocycles. The lowest BCUT2D eigenvalue weighted by molar-refractivity contribution is -0.150. The van der Waals surface area contributed by atoms with Gasteiger partial charge in [0.25, 0.3) is 0 Å². The largest absolute Gasteiger partial charge is 0.468 e. The van der Waals surface area contributed by atoms with E-state index in [1.807, 2.05) is 61.5 Å². The molecule has 0 aromatic heterocycles. The van der Waals surface area contributed by atoms with Crippen molar-refractivity contribution in [2.45, 2.75) is 18.6 Å². The summed E-state index contributed by atoms with van der Waals surface area (Å²) >= 11 is 1.39.